The van der Waals surface area contributed by atoms with Crippen LogP contribution in [0.1, 0.15) is 37.6 Å². The number of ether oxygens (including phenoxy) is 1. The molecule has 0 N–H and O–H groups in total. The Morgan fingerprint density at radius 3 is 2.96 bits per heavy atom. The van der Waals surface area contributed by atoms with Gasteiger partial charge in [-0.3, -0.25) is 0 Å². The molecule has 1 aromatic rings. The molecule has 0 saturated carbocycles. The normalized spacial score (nSPS) is 18.6. The van der Waals surface area contributed by atoms with Crippen molar-refractivity contribution in [3.8, 4) is 0 Å². The number of methoxy groups -OCH3 is 1. The van der Waals surface area contributed by atoms with E-state index >= 15 is 0 Å². The molecule has 2 amide bonds. The molecule has 0 spiro atoms. The zero-order chi connectivity index (χ0) is 17.4. The van der Waals surface area contributed by atoms with E-state index in [9.17, 15) is 4.79 Å². The van der Waals surface area contributed by atoms with Crippen LogP contribution in [0.25, 0.3) is 0 Å². The van der Waals surface area contributed by atoms with Gasteiger partial charge in [0.15, 0.2) is 0 Å². The number of anilines is 1. The number of amides is 2. The molecular weight excluding hydrogens is 324 g/mol. The number of aryl methyl sites for hydroxylation is 1. The maximum Gasteiger partial charge on any atom is 0.328 e. The summed E-state index contributed by atoms with van der Waals surface area (Å²) in [6.45, 7) is 7.19. The van der Waals surface area contributed by atoms with E-state index in [1.165, 1.54) is 11.3 Å². The predicted molar refractivity (Wildman–Crippen MR) is 97.3 cm³/mol. The molecule has 2 rings (SSSR count). The van der Waals surface area contributed by atoms with Gasteiger partial charge in [-0.2, -0.15) is 0 Å². The number of rotatable bonds is 9. The summed E-state index contributed by atoms with van der Waals surface area (Å²) in [5, 5.41) is 9.92. The van der Waals surface area contributed by atoms with Crippen LogP contribution in [-0.2, 0) is 11.2 Å². The first-order chi connectivity index (χ1) is 11.7. The highest BCUT2D eigenvalue weighted by atomic mass is 32.1. The summed E-state index contributed by atoms with van der Waals surface area (Å²) in [7, 11) is 1.63. The fraction of sp³-hybridized carbons (Fsp3) is 0.588. The van der Waals surface area contributed by atoms with Crippen LogP contribution in [0.3, 0.4) is 0 Å². The summed E-state index contributed by atoms with van der Waals surface area (Å²) in [5.41, 5.74) is 0. The molecule has 2 heterocycles. The van der Waals surface area contributed by atoms with Gasteiger partial charge in [0.1, 0.15) is 11.2 Å². The second-order valence-electron chi connectivity index (χ2n) is 5.64. The van der Waals surface area contributed by atoms with Crippen molar-refractivity contribution >= 4 is 22.5 Å². The molecule has 1 unspecified atom stereocenters. The number of hydrogen-bond acceptors (Lipinski definition) is 5. The van der Waals surface area contributed by atoms with Crippen LogP contribution in [0.4, 0.5) is 9.93 Å². The lowest BCUT2D eigenvalue weighted by Gasteiger charge is -2.38. The fourth-order valence-electron chi connectivity index (χ4n) is 2.64. The topological polar surface area (TPSA) is 58.6 Å². The number of urea groups is 1. The maximum atomic E-state index is 12.9. The van der Waals surface area contributed by atoms with Gasteiger partial charge in [0, 0.05) is 33.0 Å². The Bertz CT molecular complexity index is 573. The molecule has 0 aromatic carbocycles. The lowest BCUT2D eigenvalue weighted by Crippen LogP contribution is -2.55. The zero-order valence-corrected chi connectivity index (χ0v) is 15.3. The summed E-state index contributed by atoms with van der Waals surface area (Å²) < 4.78 is 5.50. The number of hydrogen-bond donors (Lipinski definition) is 0. The minimum absolute atomic E-state index is 0.0417. The Balaban J connectivity index is 2.07. The molecule has 0 bridgehead atoms. The van der Waals surface area contributed by atoms with Crippen LogP contribution < -0.4 is 4.90 Å². The highest BCUT2D eigenvalue weighted by Crippen LogP contribution is 2.28. The van der Waals surface area contributed by atoms with E-state index in [-0.39, 0.29) is 12.3 Å². The van der Waals surface area contributed by atoms with Crippen molar-refractivity contribution in [1.29, 1.82) is 0 Å². The third kappa shape index (κ3) is 4.64. The maximum absolute atomic E-state index is 12.9. The van der Waals surface area contributed by atoms with Gasteiger partial charge in [0.2, 0.25) is 5.13 Å². The van der Waals surface area contributed by atoms with E-state index in [1.54, 1.807) is 12.0 Å². The summed E-state index contributed by atoms with van der Waals surface area (Å²) in [4.78, 5) is 16.4. The van der Waals surface area contributed by atoms with E-state index < -0.39 is 0 Å². The van der Waals surface area contributed by atoms with Gasteiger partial charge < -0.3 is 9.64 Å². The van der Waals surface area contributed by atoms with Gasteiger partial charge in [-0.05, 0) is 26.2 Å². The van der Waals surface area contributed by atoms with E-state index in [1.807, 2.05) is 24.0 Å². The van der Waals surface area contributed by atoms with Crippen LogP contribution in [0.2, 0.25) is 0 Å². The second-order valence-corrected chi connectivity index (χ2v) is 6.68. The minimum Gasteiger partial charge on any atom is -0.361 e. The number of carbonyl (C=O) groups is 1. The smallest absolute Gasteiger partial charge is 0.328 e. The van der Waals surface area contributed by atoms with Gasteiger partial charge in [-0.1, -0.05) is 29.6 Å². The van der Waals surface area contributed by atoms with Crippen LogP contribution >= 0.6 is 11.3 Å². The highest BCUT2D eigenvalue weighted by Gasteiger charge is 2.36. The Morgan fingerprint density at radius 1 is 1.42 bits per heavy atom. The standard InChI is InChI=1S/C17H26N4O2S/c1-4-6-8-9-12-20-13-11-15(23-3)21(17(20)22)16-19-18-14(24-16)10-7-5-2/h4-6,15H,2,7-13H2,1,3H3/b6-4+. The molecule has 1 aliphatic rings. The molecule has 24 heavy (non-hydrogen) atoms. The third-order valence-electron chi connectivity index (χ3n) is 3.94. The molecule has 1 fully saturated rings. The number of aromatic nitrogens is 2. The molecule has 132 valence electrons. The van der Waals surface area contributed by atoms with Crippen molar-refractivity contribution in [3.05, 3.63) is 29.8 Å². The lowest BCUT2D eigenvalue weighted by atomic mass is 10.2. The van der Waals surface area contributed by atoms with E-state index in [0.717, 1.165) is 43.7 Å². The predicted octanol–water partition coefficient (Wildman–Crippen LogP) is 3.62. The number of carbonyl (C=O) groups excluding carboxylic acids is 1. The Labute approximate surface area is 147 Å². The van der Waals surface area contributed by atoms with Gasteiger partial charge in [0.05, 0.1) is 0 Å². The van der Waals surface area contributed by atoms with Crippen LogP contribution in [0.15, 0.2) is 24.8 Å². The van der Waals surface area contributed by atoms with Gasteiger partial charge in [0.25, 0.3) is 0 Å². The second kappa shape index (κ2) is 9.54. The first-order valence-corrected chi connectivity index (χ1v) is 9.18. The Hall–Kier alpha value is -1.73. The van der Waals surface area contributed by atoms with Crippen molar-refractivity contribution in [1.82, 2.24) is 15.1 Å². The third-order valence-corrected chi connectivity index (χ3v) is 4.92. The number of allylic oxidation sites excluding steroid dienone is 3. The van der Waals surface area contributed by atoms with Gasteiger partial charge in [-0.15, -0.1) is 16.8 Å². The van der Waals surface area contributed by atoms with E-state index in [4.69, 9.17) is 4.74 Å². The average molecular weight is 350 g/mol. The number of unbranched alkanes of at least 4 members (excludes halogenated alkanes) is 1. The molecule has 6 nitrogen and oxygen atoms in total. The minimum atomic E-state index is -0.274. The first-order valence-electron chi connectivity index (χ1n) is 8.36. The molecule has 0 radical (unpaired) electrons. The summed E-state index contributed by atoms with van der Waals surface area (Å²) >= 11 is 1.45. The molecular formula is C17H26N4O2S. The van der Waals surface area contributed by atoms with Crippen LogP contribution in [0, 0.1) is 0 Å². The van der Waals surface area contributed by atoms with Gasteiger partial charge >= 0.3 is 6.03 Å². The lowest BCUT2D eigenvalue weighted by molar-refractivity contribution is 0.0654. The highest BCUT2D eigenvalue weighted by molar-refractivity contribution is 7.15. The van der Waals surface area contributed by atoms with E-state index in [0.29, 0.717) is 11.7 Å². The largest absolute Gasteiger partial charge is 0.361 e. The van der Waals surface area contributed by atoms with Crippen molar-refractivity contribution in [2.45, 2.75) is 45.3 Å². The molecule has 1 aliphatic heterocycles. The van der Waals surface area contributed by atoms with E-state index in [2.05, 4.69) is 22.9 Å². The van der Waals surface area contributed by atoms with Gasteiger partial charge in [-0.25, -0.2) is 9.69 Å². The van der Waals surface area contributed by atoms with Crippen molar-refractivity contribution in [2.24, 2.45) is 0 Å². The Morgan fingerprint density at radius 2 is 2.25 bits per heavy atom. The summed E-state index contributed by atoms with van der Waals surface area (Å²) in [6, 6.07) is -0.0417. The average Bonchev–Trinajstić information content (AvgIpc) is 3.06. The molecule has 7 heteroatoms. The SMILES string of the molecule is C=CCCc1nnc(N2C(=O)N(CCC/C=C/C)CCC2OC)s1. The zero-order valence-electron chi connectivity index (χ0n) is 14.5. The summed E-state index contributed by atoms with van der Waals surface area (Å²) in [5.74, 6) is 0. The molecule has 1 saturated heterocycles. The quantitative estimate of drug-likeness (QED) is 0.504. The number of nitrogens with zero attached hydrogens (tertiary/aromatic N) is 4. The summed E-state index contributed by atoms with van der Waals surface area (Å²) in [6.07, 6.45) is 10.1. The first kappa shape index (κ1) is 18.6. The van der Waals surface area contributed by atoms with Crippen molar-refractivity contribution < 1.29 is 9.53 Å². The fourth-order valence-corrected chi connectivity index (χ4v) is 3.53. The molecule has 0 aliphatic carbocycles. The van der Waals surface area contributed by atoms with Crippen molar-refractivity contribution in [2.75, 3.05) is 25.1 Å². The monoisotopic (exact) mass is 350 g/mol. The van der Waals surface area contributed by atoms with Crippen LogP contribution in [-0.4, -0.2) is 47.6 Å². The van der Waals surface area contributed by atoms with Crippen molar-refractivity contribution in [3.63, 3.8) is 0 Å². The molecule has 1 atom stereocenters. The Kier molecular flexibility index (Phi) is 7.39. The van der Waals surface area contributed by atoms with Crippen LogP contribution in [0.5, 0.6) is 0 Å². The molecule has 1 aromatic heterocycles.